The van der Waals surface area contributed by atoms with Gasteiger partial charge in [0.05, 0.1) is 4.90 Å². The second-order valence-electron chi connectivity index (χ2n) is 7.68. The van der Waals surface area contributed by atoms with Crippen molar-refractivity contribution >= 4 is 33.4 Å². The molecular formula is C24H28N4O3S2. The lowest BCUT2D eigenvalue weighted by Gasteiger charge is -2.17. The summed E-state index contributed by atoms with van der Waals surface area (Å²) in [7, 11) is -2.09. The Morgan fingerprint density at radius 3 is 2.18 bits per heavy atom. The number of aromatic nitrogens is 2. The second-order valence-corrected chi connectivity index (χ2v) is 10.5. The van der Waals surface area contributed by atoms with Gasteiger partial charge in [0.15, 0.2) is 5.16 Å². The Labute approximate surface area is 199 Å². The zero-order valence-electron chi connectivity index (χ0n) is 19.2. The van der Waals surface area contributed by atoms with Gasteiger partial charge in [0.25, 0.3) is 0 Å². The highest BCUT2D eigenvalue weighted by Crippen LogP contribution is 2.20. The molecule has 0 saturated carbocycles. The lowest BCUT2D eigenvalue weighted by atomic mass is 10.1. The zero-order chi connectivity index (χ0) is 24.0. The predicted octanol–water partition coefficient (Wildman–Crippen LogP) is 4.21. The highest BCUT2D eigenvalue weighted by Gasteiger charge is 2.21. The van der Waals surface area contributed by atoms with Crippen molar-refractivity contribution in [2.75, 3.05) is 18.6 Å². The van der Waals surface area contributed by atoms with Crippen molar-refractivity contribution < 1.29 is 13.2 Å². The maximum Gasteiger partial charge on any atom is 0.243 e. The van der Waals surface area contributed by atoms with Crippen LogP contribution in [0.4, 0.5) is 5.69 Å². The summed E-state index contributed by atoms with van der Waals surface area (Å²) in [6.45, 7) is 4.13. The van der Waals surface area contributed by atoms with Crippen LogP contribution in [0.2, 0.25) is 0 Å². The zero-order valence-corrected chi connectivity index (χ0v) is 20.8. The van der Waals surface area contributed by atoms with Crippen LogP contribution in [-0.2, 0) is 27.8 Å². The lowest BCUT2D eigenvalue weighted by molar-refractivity contribution is -0.116. The van der Waals surface area contributed by atoms with Gasteiger partial charge in [-0.1, -0.05) is 42.1 Å². The summed E-state index contributed by atoms with van der Waals surface area (Å²) in [6.07, 6.45) is 2.75. The molecule has 2 aromatic carbocycles. The van der Waals surface area contributed by atoms with Crippen LogP contribution >= 0.6 is 11.8 Å². The van der Waals surface area contributed by atoms with Crippen molar-refractivity contribution in [1.82, 2.24) is 14.3 Å². The maximum atomic E-state index is 12.9. The van der Waals surface area contributed by atoms with Crippen LogP contribution in [0, 0.1) is 13.8 Å². The van der Waals surface area contributed by atoms with Gasteiger partial charge in [0.1, 0.15) is 0 Å². The number of hydrogen-bond donors (Lipinski definition) is 1. The molecular weight excluding hydrogens is 456 g/mol. The summed E-state index contributed by atoms with van der Waals surface area (Å²) in [6, 6.07) is 15.6. The molecule has 0 fully saturated rings. The van der Waals surface area contributed by atoms with Gasteiger partial charge in [0.2, 0.25) is 15.9 Å². The van der Waals surface area contributed by atoms with E-state index in [0.29, 0.717) is 12.1 Å². The summed E-state index contributed by atoms with van der Waals surface area (Å²) in [5, 5.41) is 3.55. The van der Waals surface area contributed by atoms with Gasteiger partial charge >= 0.3 is 0 Å². The minimum atomic E-state index is -3.64. The average molecular weight is 485 g/mol. The number of rotatable bonds is 9. The molecule has 3 aromatic rings. The van der Waals surface area contributed by atoms with Crippen LogP contribution in [-0.4, -0.2) is 41.9 Å². The van der Waals surface area contributed by atoms with Gasteiger partial charge in [-0.2, -0.15) is 4.31 Å². The summed E-state index contributed by atoms with van der Waals surface area (Å²) in [5.74, 6) is -0.153. The molecule has 1 N–H and O–H groups in total. The molecule has 7 nitrogen and oxygen atoms in total. The molecule has 1 aromatic heterocycles. The van der Waals surface area contributed by atoms with E-state index in [2.05, 4.69) is 15.3 Å². The van der Waals surface area contributed by atoms with Crippen LogP contribution in [0.5, 0.6) is 0 Å². The van der Waals surface area contributed by atoms with E-state index in [9.17, 15) is 13.2 Å². The number of nitrogens with zero attached hydrogens (tertiary/aromatic N) is 3. The molecule has 0 atom stereocenters. The number of thioether (sulfide) groups is 1. The van der Waals surface area contributed by atoms with Crippen molar-refractivity contribution in [1.29, 1.82) is 0 Å². The van der Waals surface area contributed by atoms with E-state index < -0.39 is 10.0 Å². The number of benzene rings is 2. The number of carbonyl (C=O) groups is 1. The molecule has 9 heteroatoms. The van der Waals surface area contributed by atoms with E-state index >= 15 is 0 Å². The topological polar surface area (TPSA) is 92.3 Å². The normalized spacial score (nSPS) is 11.5. The molecule has 0 unspecified atom stereocenters. The number of hydrogen-bond acceptors (Lipinski definition) is 6. The average Bonchev–Trinajstić information content (AvgIpc) is 2.79. The summed E-state index contributed by atoms with van der Waals surface area (Å²) in [4.78, 5) is 21.5. The van der Waals surface area contributed by atoms with Gasteiger partial charge in [-0.15, -0.1) is 0 Å². The number of amides is 1. The smallest absolute Gasteiger partial charge is 0.243 e. The Morgan fingerprint density at radius 2 is 1.61 bits per heavy atom. The van der Waals surface area contributed by atoms with E-state index in [1.165, 1.54) is 28.2 Å². The Balaban J connectivity index is 1.60. The van der Waals surface area contributed by atoms with E-state index in [4.69, 9.17) is 0 Å². The molecule has 33 heavy (non-hydrogen) atoms. The summed E-state index contributed by atoms with van der Waals surface area (Å²) in [5.41, 5.74) is 4.20. The molecule has 0 aliphatic carbocycles. The highest BCUT2D eigenvalue weighted by molar-refractivity contribution is 7.98. The quantitative estimate of drug-likeness (QED) is 0.361. The monoisotopic (exact) mass is 484 g/mol. The number of nitrogens with one attached hydrogen (secondary N) is 1. The third kappa shape index (κ3) is 6.40. The highest BCUT2D eigenvalue weighted by atomic mass is 32.2. The first kappa shape index (κ1) is 24.9. The lowest BCUT2D eigenvalue weighted by Crippen LogP contribution is -2.26. The molecule has 0 spiro atoms. The fourth-order valence-corrected chi connectivity index (χ4v) is 5.05. The number of anilines is 1. The van der Waals surface area contributed by atoms with Gasteiger partial charge in [-0.3, -0.25) is 4.79 Å². The minimum absolute atomic E-state index is 0.153. The van der Waals surface area contributed by atoms with Crippen molar-refractivity contribution in [3.05, 3.63) is 77.1 Å². The van der Waals surface area contributed by atoms with Crippen molar-refractivity contribution in [3.63, 3.8) is 0 Å². The van der Waals surface area contributed by atoms with Gasteiger partial charge in [-0.25, -0.2) is 18.4 Å². The molecule has 0 bridgehead atoms. The predicted molar refractivity (Wildman–Crippen MR) is 132 cm³/mol. The second kappa shape index (κ2) is 10.9. The third-order valence-corrected chi connectivity index (χ3v) is 7.64. The molecule has 174 valence electrons. The van der Waals surface area contributed by atoms with E-state index in [1.54, 1.807) is 19.2 Å². The maximum absolute atomic E-state index is 12.9. The number of sulfonamides is 1. The van der Waals surface area contributed by atoms with Crippen molar-refractivity contribution in [3.8, 4) is 0 Å². The summed E-state index contributed by atoms with van der Waals surface area (Å²) >= 11 is 1.49. The largest absolute Gasteiger partial charge is 0.326 e. The van der Waals surface area contributed by atoms with Crippen LogP contribution in [0.3, 0.4) is 0 Å². The van der Waals surface area contributed by atoms with Crippen LogP contribution in [0.1, 0.15) is 28.9 Å². The molecule has 1 heterocycles. The first-order valence-corrected chi connectivity index (χ1v) is 13.2. The first-order chi connectivity index (χ1) is 15.7. The fraction of sp³-hybridized carbons (Fsp3) is 0.292. The van der Waals surface area contributed by atoms with Gasteiger partial charge in [-0.05, 0) is 61.9 Å². The molecule has 0 saturated heterocycles. The standard InChI is InChI=1S/C24H28N4O3S2/c1-17-22(18(2)26-24(25-17)32-4)14-15-23(29)27-20-10-12-21(13-11-20)33(30,31)28(3)16-19-8-6-5-7-9-19/h5-13H,14-16H2,1-4H3,(H,27,29). The molecule has 1 amide bonds. The Morgan fingerprint density at radius 1 is 1.00 bits per heavy atom. The number of carbonyl (C=O) groups excluding carboxylic acids is 1. The third-order valence-electron chi connectivity index (χ3n) is 5.28. The number of aryl methyl sites for hydroxylation is 2. The fourth-order valence-electron chi connectivity index (χ4n) is 3.44. The minimum Gasteiger partial charge on any atom is -0.326 e. The Kier molecular flexibility index (Phi) is 8.23. The molecule has 0 aliphatic heterocycles. The SMILES string of the molecule is CSc1nc(C)c(CCC(=O)Nc2ccc(S(=O)(=O)N(C)Cc3ccccc3)cc2)c(C)n1. The van der Waals surface area contributed by atoms with Crippen LogP contribution < -0.4 is 5.32 Å². The van der Waals surface area contributed by atoms with E-state index in [0.717, 1.165) is 27.7 Å². The first-order valence-electron chi connectivity index (χ1n) is 10.5. The Bertz CT molecular complexity index is 1190. The van der Waals surface area contributed by atoms with Crippen LogP contribution in [0.15, 0.2) is 64.6 Å². The molecule has 0 aliphatic rings. The Hall–Kier alpha value is -2.75. The van der Waals surface area contributed by atoms with Crippen LogP contribution in [0.25, 0.3) is 0 Å². The van der Waals surface area contributed by atoms with Crippen molar-refractivity contribution in [2.24, 2.45) is 0 Å². The van der Waals surface area contributed by atoms with Crippen molar-refractivity contribution in [2.45, 2.75) is 43.3 Å². The van der Waals surface area contributed by atoms with Gasteiger partial charge in [0, 0.05) is 37.1 Å². The molecule has 3 rings (SSSR count). The summed E-state index contributed by atoms with van der Waals surface area (Å²) < 4.78 is 27.0. The van der Waals surface area contributed by atoms with Gasteiger partial charge < -0.3 is 5.32 Å². The molecule has 0 radical (unpaired) electrons. The van der Waals surface area contributed by atoms with E-state index in [-0.39, 0.29) is 23.8 Å². The van der Waals surface area contributed by atoms with E-state index in [1.807, 2.05) is 50.4 Å².